The summed E-state index contributed by atoms with van der Waals surface area (Å²) in [6.45, 7) is 9.50. The Morgan fingerprint density at radius 3 is 2.61 bits per heavy atom. The molecule has 1 aliphatic heterocycles. The molecular formula is C14H22N2O2. The van der Waals surface area contributed by atoms with Gasteiger partial charge in [0, 0.05) is 17.6 Å². The number of aryl methyl sites for hydroxylation is 2. The molecule has 1 atom stereocenters. The lowest BCUT2D eigenvalue weighted by Crippen LogP contribution is -2.47. The number of amides is 1. The van der Waals surface area contributed by atoms with Gasteiger partial charge in [0.1, 0.15) is 11.5 Å². The average Bonchev–Trinajstić information content (AvgIpc) is 2.83. The van der Waals surface area contributed by atoms with Gasteiger partial charge >= 0.3 is 0 Å². The van der Waals surface area contributed by atoms with Gasteiger partial charge in [-0.3, -0.25) is 4.79 Å². The van der Waals surface area contributed by atoms with E-state index in [1.807, 2.05) is 20.8 Å². The maximum Gasteiger partial charge on any atom is 0.255 e. The first-order chi connectivity index (χ1) is 8.43. The molecule has 1 aromatic heterocycles. The van der Waals surface area contributed by atoms with Crippen LogP contribution in [0.25, 0.3) is 0 Å². The van der Waals surface area contributed by atoms with Crippen molar-refractivity contribution in [2.45, 2.75) is 46.1 Å². The third-order valence-electron chi connectivity index (χ3n) is 3.88. The highest BCUT2D eigenvalue weighted by molar-refractivity contribution is 5.96. The van der Waals surface area contributed by atoms with E-state index in [0.29, 0.717) is 17.9 Å². The van der Waals surface area contributed by atoms with E-state index >= 15 is 0 Å². The van der Waals surface area contributed by atoms with E-state index in [4.69, 9.17) is 4.42 Å². The van der Waals surface area contributed by atoms with Crippen molar-refractivity contribution < 1.29 is 9.21 Å². The van der Waals surface area contributed by atoms with Gasteiger partial charge in [-0.2, -0.15) is 0 Å². The first-order valence-electron chi connectivity index (χ1n) is 6.53. The van der Waals surface area contributed by atoms with Crippen LogP contribution in [0, 0.1) is 20.8 Å². The SMILES string of the molecule is Cc1oc(C)c(C(=O)NCC2(C)CCCN2)c1C. The highest BCUT2D eigenvalue weighted by Gasteiger charge is 2.29. The molecule has 1 unspecified atom stereocenters. The number of nitrogens with one attached hydrogen (secondary N) is 2. The summed E-state index contributed by atoms with van der Waals surface area (Å²) < 4.78 is 5.49. The van der Waals surface area contributed by atoms with E-state index in [0.717, 1.165) is 24.3 Å². The molecule has 4 nitrogen and oxygen atoms in total. The first-order valence-corrected chi connectivity index (χ1v) is 6.53. The van der Waals surface area contributed by atoms with Crippen LogP contribution in [-0.4, -0.2) is 24.5 Å². The maximum atomic E-state index is 12.2. The summed E-state index contributed by atoms with van der Waals surface area (Å²) in [5.74, 6) is 1.49. The van der Waals surface area contributed by atoms with Gasteiger partial charge < -0.3 is 15.1 Å². The number of carbonyl (C=O) groups is 1. The van der Waals surface area contributed by atoms with Crippen molar-refractivity contribution in [3.8, 4) is 0 Å². The third-order valence-corrected chi connectivity index (χ3v) is 3.88. The number of hydrogen-bond acceptors (Lipinski definition) is 3. The number of carbonyl (C=O) groups excluding carboxylic acids is 1. The van der Waals surface area contributed by atoms with Gasteiger partial charge in [-0.05, 0) is 47.1 Å². The summed E-state index contributed by atoms with van der Waals surface area (Å²) in [6.07, 6.45) is 2.28. The fraction of sp³-hybridized carbons (Fsp3) is 0.643. The Labute approximate surface area is 108 Å². The molecular weight excluding hydrogens is 228 g/mol. The lowest BCUT2D eigenvalue weighted by atomic mass is 10.00. The lowest BCUT2D eigenvalue weighted by molar-refractivity contribution is 0.0940. The molecule has 4 heteroatoms. The van der Waals surface area contributed by atoms with Crippen LogP contribution in [0.1, 0.15) is 47.2 Å². The van der Waals surface area contributed by atoms with Crippen molar-refractivity contribution in [3.63, 3.8) is 0 Å². The predicted octanol–water partition coefficient (Wildman–Crippen LogP) is 2.08. The second-order valence-electron chi connectivity index (χ2n) is 5.49. The molecule has 0 saturated carbocycles. The Kier molecular flexibility index (Phi) is 3.48. The zero-order valence-corrected chi connectivity index (χ0v) is 11.6. The van der Waals surface area contributed by atoms with Gasteiger partial charge in [-0.1, -0.05) is 0 Å². The molecule has 0 aromatic carbocycles. The molecule has 1 saturated heterocycles. The Hall–Kier alpha value is -1.29. The van der Waals surface area contributed by atoms with Crippen molar-refractivity contribution in [2.75, 3.05) is 13.1 Å². The number of furan rings is 1. The van der Waals surface area contributed by atoms with E-state index in [1.54, 1.807) is 0 Å². The van der Waals surface area contributed by atoms with Crippen LogP contribution in [0.2, 0.25) is 0 Å². The van der Waals surface area contributed by atoms with Gasteiger partial charge in [-0.15, -0.1) is 0 Å². The molecule has 2 rings (SSSR count). The van der Waals surface area contributed by atoms with Crippen molar-refractivity contribution in [3.05, 3.63) is 22.6 Å². The van der Waals surface area contributed by atoms with E-state index < -0.39 is 0 Å². The summed E-state index contributed by atoms with van der Waals surface area (Å²) in [4.78, 5) is 12.2. The minimum Gasteiger partial charge on any atom is -0.466 e. The van der Waals surface area contributed by atoms with Gasteiger partial charge in [0.25, 0.3) is 5.91 Å². The van der Waals surface area contributed by atoms with E-state index in [1.165, 1.54) is 6.42 Å². The Morgan fingerprint density at radius 2 is 2.11 bits per heavy atom. The largest absolute Gasteiger partial charge is 0.466 e. The van der Waals surface area contributed by atoms with Crippen molar-refractivity contribution in [2.24, 2.45) is 0 Å². The van der Waals surface area contributed by atoms with Crippen LogP contribution < -0.4 is 10.6 Å². The quantitative estimate of drug-likeness (QED) is 0.863. The van der Waals surface area contributed by atoms with Crippen LogP contribution in [0.4, 0.5) is 0 Å². The number of hydrogen-bond donors (Lipinski definition) is 2. The Bertz CT molecular complexity index is 457. The van der Waals surface area contributed by atoms with Gasteiger partial charge in [-0.25, -0.2) is 0 Å². The molecule has 2 N–H and O–H groups in total. The van der Waals surface area contributed by atoms with Crippen LogP contribution >= 0.6 is 0 Å². The number of rotatable bonds is 3. The monoisotopic (exact) mass is 250 g/mol. The highest BCUT2D eigenvalue weighted by atomic mass is 16.3. The predicted molar refractivity (Wildman–Crippen MR) is 70.9 cm³/mol. The van der Waals surface area contributed by atoms with Gasteiger partial charge in [0.2, 0.25) is 0 Å². The average molecular weight is 250 g/mol. The molecule has 0 aliphatic carbocycles. The van der Waals surface area contributed by atoms with Crippen molar-refractivity contribution in [1.29, 1.82) is 0 Å². The Morgan fingerprint density at radius 1 is 1.39 bits per heavy atom. The van der Waals surface area contributed by atoms with Crippen LogP contribution in [0.15, 0.2) is 4.42 Å². The smallest absolute Gasteiger partial charge is 0.255 e. The summed E-state index contributed by atoms with van der Waals surface area (Å²) >= 11 is 0. The molecule has 1 fully saturated rings. The molecule has 0 spiro atoms. The minimum absolute atomic E-state index is 0.0308. The van der Waals surface area contributed by atoms with Crippen molar-refractivity contribution >= 4 is 5.91 Å². The fourth-order valence-electron chi connectivity index (χ4n) is 2.60. The van der Waals surface area contributed by atoms with Crippen LogP contribution in [-0.2, 0) is 0 Å². The molecule has 0 bridgehead atoms. The molecule has 100 valence electrons. The van der Waals surface area contributed by atoms with Gasteiger partial charge in [0.15, 0.2) is 0 Å². The third kappa shape index (κ3) is 2.43. The Balaban J connectivity index is 2.04. The lowest BCUT2D eigenvalue weighted by Gasteiger charge is -2.24. The summed E-state index contributed by atoms with van der Waals surface area (Å²) in [6, 6.07) is 0. The second-order valence-corrected chi connectivity index (χ2v) is 5.49. The fourth-order valence-corrected chi connectivity index (χ4v) is 2.60. The summed E-state index contributed by atoms with van der Waals surface area (Å²) in [7, 11) is 0. The molecule has 1 aromatic rings. The van der Waals surface area contributed by atoms with E-state index in [9.17, 15) is 4.79 Å². The zero-order chi connectivity index (χ0) is 13.3. The highest BCUT2D eigenvalue weighted by Crippen LogP contribution is 2.21. The topological polar surface area (TPSA) is 54.3 Å². The molecule has 1 aliphatic rings. The maximum absolute atomic E-state index is 12.2. The minimum atomic E-state index is -0.0308. The van der Waals surface area contributed by atoms with Crippen LogP contribution in [0.5, 0.6) is 0 Å². The summed E-state index contributed by atoms with van der Waals surface area (Å²) in [5.41, 5.74) is 1.67. The zero-order valence-electron chi connectivity index (χ0n) is 11.6. The second kappa shape index (κ2) is 4.76. The van der Waals surface area contributed by atoms with Gasteiger partial charge in [0.05, 0.1) is 5.56 Å². The molecule has 0 radical (unpaired) electrons. The van der Waals surface area contributed by atoms with Crippen molar-refractivity contribution in [1.82, 2.24) is 10.6 Å². The first kappa shape index (κ1) is 13.1. The summed E-state index contributed by atoms with van der Waals surface area (Å²) in [5, 5.41) is 6.45. The van der Waals surface area contributed by atoms with E-state index in [2.05, 4.69) is 17.6 Å². The standard InChI is InChI=1S/C14H22N2O2/c1-9-10(2)18-11(3)12(9)13(17)15-8-14(4)6-5-7-16-14/h16H,5-8H2,1-4H3,(H,15,17). The molecule has 18 heavy (non-hydrogen) atoms. The van der Waals surface area contributed by atoms with E-state index in [-0.39, 0.29) is 11.4 Å². The molecule has 1 amide bonds. The van der Waals surface area contributed by atoms with Crippen LogP contribution in [0.3, 0.4) is 0 Å². The normalized spacial score (nSPS) is 23.3. The molecule has 2 heterocycles.